The Bertz CT molecular complexity index is 460. The lowest BCUT2D eigenvalue weighted by Crippen LogP contribution is -2.62. The highest BCUT2D eigenvalue weighted by molar-refractivity contribution is 5.56. The number of ether oxygens (including phenoxy) is 1. The number of rotatable bonds is 4. The van der Waals surface area contributed by atoms with Gasteiger partial charge in [0.2, 0.25) is 0 Å². The third kappa shape index (κ3) is 2.57. The summed E-state index contributed by atoms with van der Waals surface area (Å²) in [6.07, 6.45) is 4.88. The van der Waals surface area contributed by atoms with Gasteiger partial charge >= 0.3 is 0 Å². The summed E-state index contributed by atoms with van der Waals surface area (Å²) in [5, 5.41) is 0. The minimum Gasteiger partial charge on any atom is -0.379 e. The van der Waals surface area contributed by atoms with Crippen molar-refractivity contribution in [2.45, 2.75) is 51.2 Å². The fraction of sp³-hybridized carbons (Fsp3) is 0.647. The van der Waals surface area contributed by atoms with Gasteiger partial charge in [-0.2, -0.15) is 0 Å². The Morgan fingerprint density at radius 3 is 2.70 bits per heavy atom. The Labute approximate surface area is 123 Å². The first-order valence-corrected chi connectivity index (χ1v) is 7.59. The van der Waals surface area contributed by atoms with Gasteiger partial charge in [0.05, 0.1) is 11.6 Å². The molecule has 0 spiro atoms. The summed E-state index contributed by atoms with van der Waals surface area (Å²) in [6.45, 7) is 4.94. The van der Waals surface area contributed by atoms with Crippen LogP contribution in [0.4, 0.5) is 5.69 Å². The number of nitrogens with two attached hydrogens (primary N) is 1. The molecule has 3 heteroatoms. The maximum absolute atomic E-state index is 6.20. The molecule has 0 aromatic heterocycles. The van der Waals surface area contributed by atoms with Crippen LogP contribution in [0.5, 0.6) is 0 Å². The molecule has 1 aromatic rings. The Morgan fingerprint density at radius 1 is 1.35 bits per heavy atom. The van der Waals surface area contributed by atoms with Gasteiger partial charge in [-0.15, -0.1) is 0 Å². The Hall–Kier alpha value is -1.06. The summed E-state index contributed by atoms with van der Waals surface area (Å²) < 4.78 is 5.78. The predicted octanol–water partition coefficient (Wildman–Crippen LogP) is 3.03. The first-order valence-electron chi connectivity index (χ1n) is 7.59. The highest BCUT2D eigenvalue weighted by atomic mass is 16.5. The molecule has 112 valence electrons. The van der Waals surface area contributed by atoms with Crippen LogP contribution in [0.1, 0.15) is 36.8 Å². The Balaban J connectivity index is 2.38. The maximum atomic E-state index is 6.20. The SMILES string of the molecule is COC1CCCCC1(CN)N(C)c1ccc(C)cc1C. The van der Waals surface area contributed by atoms with E-state index in [0.29, 0.717) is 6.54 Å². The van der Waals surface area contributed by atoms with Crippen LogP contribution < -0.4 is 10.6 Å². The molecule has 1 aliphatic carbocycles. The molecular formula is C17H28N2O. The van der Waals surface area contributed by atoms with Crippen LogP contribution in [0.2, 0.25) is 0 Å². The summed E-state index contributed by atoms with van der Waals surface area (Å²) in [6, 6.07) is 6.62. The number of anilines is 1. The summed E-state index contributed by atoms with van der Waals surface area (Å²) in [5.74, 6) is 0. The second kappa shape index (κ2) is 6.15. The molecule has 1 aromatic carbocycles. The van der Waals surface area contributed by atoms with Crippen molar-refractivity contribution >= 4 is 5.69 Å². The van der Waals surface area contributed by atoms with E-state index >= 15 is 0 Å². The fourth-order valence-electron chi connectivity index (χ4n) is 3.70. The largest absolute Gasteiger partial charge is 0.379 e. The van der Waals surface area contributed by atoms with Crippen molar-refractivity contribution in [2.75, 3.05) is 25.6 Å². The van der Waals surface area contributed by atoms with Gasteiger partial charge in [-0.3, -0.25) is 0 Å². The quantitative estimate of drug-likeness (QED) is 0.918. The summed E-state index contributed by atoms with van der Waals surface area (Å²) in [4.78, 5) is 2.37. The normalized spacial score (nSPS) is 26.6. The van der Waals surface area contributed by atoms with Crippen LogP contribution in [0.15, 0.2) is 18.2 Å². The van der Waals surface area contributed by atoms with Gasteiger partial charge in [-0.25, -0.2) is 0 Å². The monoisotopic (exact) mass is 276 g/mol. The molecule has 3 nitrogen and oxygen atoms in total. The highest BCUT2D eigenvalue weighted by Gasteiger charge is 2.43. The standard InChI is InChI=1S/C17H28N2O/c1-13-8-9-15(14(2)11-13)19(3)17(12-18)10-6-5-7-16(17)20-4/h8-9,11,16H,5-7,10,12,18H2,1-4H3. The summed E-state index contributed by atoms with van der Waals surface area (Å²) in [7, 11) is 3.98. The predicted molar refractivity (Wildman–Crippen MR) is 85.4 cm³/mol. The van der Waals surface area contributed by atoms with E-state index in [9.17, 15) is 0 Å². The molecule has 2 N–H and O–H groups in total. The van der Waals surface area contributed by atoms with Crippen molar-refractivity contribution in [3.05, 3.63) is 29.3 Å². The number of hydrogen-bond donors (Lipinski definition) is 1. The third-order valence-electron chi connectivity index (χ3n) is 4.94. The minimum absolute atomic E-state index is 0.0764. The van der Waals surface area contributed by atoms with E-state index < -0.39 is 0 Å². The second-order valence-electron chi connectivity index (χ2n) is 6.13. The maximum Gasteiger partial charge on any atom is 0.0815 e. The van der Waals surface area contributed by atoms with Gasteiger partial charge in [0.25, 0.3) is 0 Å². The van der Waals surface area contributed by atoms with Gasteiger partial charge in [0.15, 0.2) is 0 Å². The molecule has 2 atom stereocenters. The summed E-state index contributed by atoms with van der Waals surface area (Å²) >= 11 is 0. The van der Waals surface area contributed by atoms with Crippen molar-refractivity contribution in [1.82, 2.24) is 0 Å². The minimum atomic E-state index is -0.0764. The smallest absolute Gasteiger partial charge is 0.0815 e. The average Bonchev–Trinajstić information content (AvgIpc) is 2.46. The second-order valence-corrected chi connectivity index (χ2v) is 6.13. The number of methoxy groups -OCH3 is 1. The number of benzene rings is 1. The summed E-state index contributed by atoms with van der Waals surface area (Å²) in [5.41, 5.74) is 10.00. The Morgan fingerprint density at radius 2 is 2.10 bits per heavy atom. The number of nitrogens with zero attached hydrogens (tertiary/aromatic N) is 1. The highest BCUT2D eigenvalue weighted by Crippen LogP contribution is 2.38. The number of likely N-dealkylation sites (N-methyl/N-ethyl adjacent to an activating group) is 1. The molecule has 0 amide bonds. The molecule has 1 fully saturated rings. The van der Waals surface area contributed by atoms with E-state index in [2.05, 4.69) is 44.0 Å². The van der Waals surface area contributed by atoms with Crippen molar-refractivity contribution in [2.24, 2.45) is 5.73 Å². The van der Waals surface area contributed by atoms with Crippen LogP contribution in [0.3, 0.4) is 0 Å². The van der Waals surface area contributed by atoms with Crippen LogP contribution in [-0.2, 0) is 4.74 Å². The molecule has 1 aliphatic rings. The number of hydrogen-bond acceptors (Lipinski definition) is 3. The average molecular weight is 276 g/mol. The number of aryl methyl sites for hydroxylation is 2. The van der Waals surface area contributed by atoms with E-state index in [0.717, 1.165) is 12.8 Å². The van der Waals surface area contributed by atoms with E-state index in [1.54, 1.807) is 0 Å². The van der Waals surface area contributed by atoms with Crippen LogP contribution >= 0.6 is 0 Å². The zero-order valence-electron chi connectivity index (χ0n) is 13.3. The fourth-order valence-corrected chi connectivity index (χ4v) is 3.70. The first-order chi connectivity index (χ1) is 9.55. The molecule has 2 rings (SSSR count). The van der Waals surface area contributed by atoms with E-state index in [4.69, 9.17) is 10.5 Å². The van der Waals surface area contributed by atoms with Crippen molar-refractivity contribution < 1.29 is 4.74 Å². The third-order valence-corrected chi connectivity index (χ3v) is 4.94. The van der Waals surface area contributed by atoms with Gasteiger partial charge in [-0.1, -0.05) is 30.5 Å². The van der Waals surface area contributed by atoms with Crippen molar-refractivity contribution in [1.29, 1.82) is 0 Å². The van der Waals surface area contributed by atoms with E-state index in [1.807, 2.05) is 7.11 Å². The molecule has 0 heterocycles. The Kier molecular flexibility index (Phi) is 4.71. The molecular weight excluding hydrogens is 248 g/mol. The van der Waals surface area contributed by atoms with Crippen molar-refractivity contribution in [3.63, 3.8) is 0 Å². The van der Waals surface area contributed by atoms with Crippen LogP contribution in [0.25, 0.3) is 0 Å². The molecule has 20 heavy (non-hydrogen) atoms. The van der Waals surface area contributed by atoms with Crippen LogP contribution in [-0.4, -0.2) is 32.3 Å². The van der Waals surface area contributed by atoms with Gasteiger partial charge in [-0.05, 0) is 38.3 Å². The first kappa shape index (κ1) is 15.3. The lowest BCUT2D eigenvalue weighted by Gasteiger charge is -2.50. The van der Waals surface area contributed by atoms with Crippen molar-refractivity contribution in [3.8, 4) is 0 Å². The topological polar surface area (TPSA) is 38.5 Å². The lowest BCUT2D eigenvalue weighted by atomic mass is 9.77. The molecule has 0 radical (unpaired) electrons. The van der Waals surface area contributed by atoms with Gasteiger partial charge in [0, 0.05) is 26.4 Å². The van der Waals surface area contributed by atoms with E-state index in [1.165, 1.54) is 29.7 Å². The van der Waals surface area contributed by atoms with Gasteiger partial charge < -0.3 is 15.4 Å². The molecule has 2 unspecified atom stereocenters. The molecule has 1 saturated carbocycles. The van der Waals surface area contributed by atoms with Crippen LogP contribution in [0, 0.1) is 13.8 Å². The molecule has 0 bridgehead atoms. The lowest BCUT2D eigenvalue weighted by molar-refractivity contribution is 0.00766. The molecule has 0 aliphatic heterocycles. The van der Waals surface area contributed by atoms with Gasteiger partial charge in [0.1, 0.15) is 0 Å². The zero-order valence-corrected chi connectivity index (χ0v) is 13.3. The molecule has 0 saturated heterocycles. The zero-order chi connectivity index (χ0) is 14.8. The van der Waals surface area contributed by atoms with E-state index in [-0.39, 0.29) is 11.6 Å².